The van der Waals surface area contributed by atoms with Gasteiger partial charge >= 0.3 is 0 Å². The molecule has 6 heteroatoms. The zero-order valence-electron chi connectivity index (χ0n) is 20.3. The number of fused-ring (bicyclic) bond motifs is 2. The number of benzene rings is 3. The average molecular weight is 470 g/mol. The van der Waals surface area contributed by atoms with Gasteiger partial charge in [-0.05, 0) is 66.8 Å². The smallest absolute Gasteiger partial charge is 0.290 e. The summed E-state index contributed by atoms with van der Waals surface area (Å²) in [7, 11) is 3.19. The van der Waals surface area contributed by atoms with Gasteiger partial charge in [0.2, 0.25) is 5.76 Å². The van der Waals surface area contributed by atoms with Gasteiger partial charge < -0.3 is 18.8 Å². The maximum absolute atomic E-state index is 13.7. The first kappa shape index (κ1) is 22.7. The first-order chi connectivity index (χ1) is 16.9. The molecule has 0 N–H and O–H groups in total. The van der Waals surface area contributed by atoms with Gasteiger partial charge in [-0.2, -0.15) is 0 Å². The molecule has 1 aliphatic rings. The first-order valence-electron chi connectivity index (χ1n) is 11.6. The maximum Gasteiger partial charge on any atom is 0.290 e. The van der Waals surface area contributed by atoms with Crippen molar-refractivity contribution in [2.75, 3.05) is 20.8 Å². The van der Waals surface area contributed by atoms with Crippen molar-refractivity contribution in [1.82, 2.24) is 4.90 Å². The summed E-state index contributed by atoms with van der Waals surface area (Å²) in [6.07, 6.45) is 0.579. The zero-order chi connectivity index (χ0) is 24.7. The predicted octanol–water partition coefficient (Wildman–Crippen LogP) is 5.21. The second-order valence-corrected chi connectivity index (χ2v) is 8.86. The van der Waals surface area contributed by atoms with Crippen molar-refractivity contribution in [3.63, 3.8) is 0 Å². The van der Waals surface area contributed by atoms with Gasteiger partial charge in [-0.3, -0.25) is 9.59 Å². The standard InChI is InChI=1S/C29H27NO5/c1-17-14-21-23(15-18(17)2)35-28-25(27(21)31)26(20-8-6-5-7-9-20)30(29(28)32)13-12-19-10-11-22(33-3)24(16-19)34-4/h5-11,14-16,26H,12-13H2,1-4H3. The fourth-order valence-electron chi connectivity index (χ4n) is 4.77. The monoisotopic (exact) mass is 469 g/mol. The molecule has 0 aliphatic carbocycles. The molecule has 0 saturated heterocycles. The van der Waals surface area contributed by atoms with Crippen molar-refractivity contribution in [2.45, 2.75) is 26.3 Å². The number of hydrogen-bond donors (Lipinski definition) is 0. The molecule has 35 heavy (non-hydrogen) atoms. The highest BCUT2D eigenvalue weighted by Gasteiger charge is 2.42. The van der Waals surface area contributed by atoms with Gasteiger partial charge in [0.1, 0.15) is 5.58 Å². The third-order valence-electron chi connectivity index (χ3n) is 6.79. The van der Waals surface area contributed by atoms with Crippen LogP contribution in [-0.2, 0) is 6.42 Å². The third-order valence-corrected chi connectivity index (χ3v) is 6.79. The normalized spacial score (nSPS) is 14.9. The number of ether oxygens (including phenoxy) is 2. The fraction of sp³-hybridized carbons (Fsp3) is 0.241. The van der Waals surface area contributed by atoms with Crippen molar-refractivity contribution >= 4 is 16.9 Å². The van der Waals surface area contributed by atoms with Crippen molar-refractivity contribution in [3.8, 4) is 11.5 Å². The molecule has 1 aliphatic heterocycles. The lowest BCUT2D eigenvalue weighted by atomic mass is 9.97. The highest BCUT2D eigenvalue weighted by Crippen LogP contribution is 2.38. The number of aryl methyl sites for hydroxylation is 2. The van der Waals surface area contributed by atoms with Gasteiger partial charge in [0.05, 0.1) is 31.2 Å². The minimum absolute atomic E-state index is 0.131. The molecular weight excluding hydrogens is 442 g/mol. The van der Waals surface area contributed by atoms with Crippen LogP contribution in [0.15, 0.2) is 69.9 Å². The summed E-state index contributed by atoms with van der Waals surface area (Å²) in [5.41, 5.74) is 4.59. The summed E-state index contributed by atoms with van der Waals surface area (Å²) in [6, 6.07) is 18.5. The lowest BCUT2D eigenvalue weighted by molar-refractivity contribution is 0.0730. The highest BCUT2D eigenvalue weighted by molar-refractivity contribution is 5.99. The maximum atomic E-state index is 13.7. The Hall–Kier alpha value is -4.06. The van der Waals surface area contributed by atoms with Crippen LogP contribution in [0.3, 0.4) is 0 Å². The molecular formula is C29H27NO5. The van der Waals surface area contributed by atoms with E-state index in [9.17, 15) is 9.59 Å². The Morgan fingerprint density at radius 1 is 0.886 bits per heavy atom. The third kappa shape index (κ3) is 3.85. The van der Waals surface area contributed by atoms with Crippen LogP contribution < -0.4 is 14.9 Å². The molecule has 178 valence electrons. The molecule has 0 bridgehead atoms. The summed E-state index contributed by atoms with van der Waals surface area (Å²) >= 11 is 0. The Kier molecular flexibility index (Phi) is 5.81. The molecule has 2 heterocycles. The van der Waals surface area contributed by atoms with Crippen LogP contribution in [0, 0.1) is 13.8 Å². The number of amides is 1. The summed E-state index contributed by atoms with van der Waals surface area (Å²) in [5, 5.41) is 0.502. The Morgan fingerprint density at radius 3 is 2.31 bits per heavy atom. The van der Waals surface area contributed by atoms with E-state index in [4.69, 9.17) is 13.9 Å². The summed E-state index contributed by atoms with van der Waals surface area (Å²) in [6.45, 7) is 4.34. The van der Waals surface area contributed by atoms with Crippen molar-refractivity contribution in [2.24, 2.45) is 0 Å². The Morgan fingerprint density at radius 2 is 1.60 bits per heavy atom. The van der Waals surface area contributed by atoms with Crippen LogP contribution in [0.25, 0.3) is 11.0 Å². The number of nitrogens with zero attached hydrogens (tertiary/aromatic N) is 1. The van der Waals surface area contributed by atoms with Gasteiger partial charge in [0.15, 0.2) is 16.9 Å². The zero-order valence-corrected chi connectivity index (χ0v) is 20.3. The van der Waals surface area contributed by atoms with E-state index in [2.05, 4.69) is 0 Å². The number of methoxy groups -OCH3 is 2. The van der Waals surface area contributed by atoms with Crippen molar-refractivity contribution in [1.29, 1.82) is 0 Å². The molecule has 1 amide bonds. The largest absolute Gasteiger partial charge is 0.493 e. The minimum atomic E-state index is -0.513. The second-order valence-electron chi connectivity index (χ2n) is 8.86. The average Bonchev–Trinajstić information content (AvgIpc) is 3.16. The topological polar surface area (TPSA) is 69.0 Å². The second kappa shape index (κ2) is 8.95. The van der Waals surface area contributed by atoms with Gasteiger partial charge in [0.25, 0.3) is 5.91 Å². The lowest BCUT2D eigenvalue weighted by Gasteiger charge is -2.25. The van der Waals surface area contributed by atoms with Gasteiger partial charge in [-0.1, -0.05) is 36.4 Å². The molecule has 0 radical (unpaired) electrons. The number of rotatable bonds is 6. The van der Waals surface area contributed by atoms with E-state index in [1.54, 1.807) is 19.1 Å². The van der Waals surface area contributed by atoms with E-state index in [-0.39, 0.29) is 17.1 Å². The number of hydrogen-bond acceptors (Lipinski definition) is 5. The van der Waals surface area contributed by atoms with Crippen LogP contribution in [0.2, 0.25) is 0 Å². The molecule has 4 aromatic rings. The number of carbonyl (C=O) groups excluding carboxylic acids is 1. The molecule has 1 aromatic heterocycles. The molecule has 5 rings (SSSR count). The minimum Gasteiger partial charge on any atom is -0.493 e. The van der Waals surface area contributed by atoms with E-state index in [1.807, 2.05) is 74.5 Å². The molecule has 6 nitrogen and oxygen atoms in total. The Balaban J connectivity index is 1.59. The molecule has 1 atom stereocenters. The SMILES string of the molecule is COc1ccc(CCN2C(=O)c3oc4cc(C)c(C)cc4c(=O)c3C2c2ccccc2)cc1OC. The Bertz CT molecular complexity index is 1490. The predicted molar refractivity (Wildman–Crippen MR) is 135 cm³/mol. The van der Waals surface area contributed by atoms with E-state index < -0.39 is 6.04 Å². The van der Waals surface area contributed by atoms with Crippen molar-refractivity contribution in [3.05, 3.63) is 104 Å². The molecule has 0 saturated carbocycles. The summed E-state index contributed by atoms with van der Waals surface area (Å²) in [5.74, 6) is 1.14. The van der Waals surface area contributed by atoms with E-state index in [0.29, 0.717) is 41.0 Å². The highest BCUT2D eigenvalue weighted by atomic mass is 16.5. The van der Waals surface area contributed by atoms with Gasteiger partial charge in [-0.25, -0.2) is 0 Å². The van der Waals surface area contributed by atoms with Crippen LogP contribution in [-0.4, -0.2) is 31.6 Å². The van der Waals surface area contributed by atoms with Crippen LogP contribution in [0.4, 0.5) is 0 Å². The van der Waals surface area contributed by atoms with Gasteiger partial charge in [-0.15, -0.1) is 0 Å². The summed E-state index contributed by atoms with van der Waals surface area (Å²) < 4.78 is 16.9. The molecule has 0 spiro atoms. The molecule has 3 aromatic carbocycles. The van der Waals surface area contributed by atoms with Crippen LogP contribution >= 0.6 is 0 Å². The Labute approximate surface area is 203 Å². The fourth-order valence-corrected chi connectivity index (χ4v) is 4.77. The summed E-state index contributed by atoms with van der Waals surface area (Å²) in [4.78, 5) is 29.1. The van der Waals surface area contributed by atoms with E-state index in [0.717, 1.165) is 22.3 Å². The van der Waals surface area contributed by atoms with Crippen LogP contribution in [0.1, 0.15) is 44.4 Å². The quantitative estimate of drug-likeness (QED) is 0.388. The molecule has 0 fully saturated rings. The molecule has 1 unspecified atom stereocenters. The lowest BCUT2D eigenvalue weighted by Crippen LogP contribution is -2.31. The first-order valence-corrected chi connectivity index (χ1v) is 11.6. The van der Waals surface area contributed by atoms with Crippen LogP contribution in [0.5, 0.6) is 11.5 Å². The van der Waals surface area contributed by atoms with E-state index in [1.165, 1.54) is 0 Å². The van der Waals surface area contributed by atoms with Gasteiger partial charge in [0, 0.05) is 6.54 Å². The van der Waals surface area contributed by atoms with E-state index >= 15 is 0 Å². The number of carbonyl (C=O) groups is 1. The van der Waals surface area contributed by atoms with Crippen molar-refractivity contribution < 1.29 is 18.7 Å².